The zero-order valence-electron chi connectivity index (χ0n) is 17.6. The Balaban J connectivity index is 1.52. The third-order valence-electron chi connectivity index (χ3n) is 5.47. The molecule has 4 rings (SSSR count). The molecule has 2 aromatic carbocycles. The van der Waals surface area contributed by atoms with Gasteiger partial charge < -0.3 is 19.4 Å². The molecular weight excluding hydrogens is 380 g/mol. The first-order chi connectivity index (χ1) is 14.7. The number of carbonyl (C=O) groups excluding carboxylic acids is 1. The number of amides is 1. The lowest BCUT2D eigenvalue weighted by Gasteiger charge is -2.15. The van der Waals surface area contributed by atoms with Crippen molar-refractivity contribution in [3.8, 4) is 11.5 Å². The van der Waals surface area contributed by atoms with Crippen LogP contribution in [0.5, 0.6) is 11.5 Å². The zero-order valence-corrected chi connectivity index (χ0v) is 17.6. The molecule has 2 heterocycles. The van der Waals surface area contributed by atoms with E-state index in [9.17, 15) is 4.79 Å². The minimum absolute atomic E-state index is 0.0643. The second kappa shape index (κ2) is 8.77. The number of ether oxygens (including phenoxy) is 2. The highest BCUT2D eigenvalue weighted by atomic mass is 16.5. The number of hydrazine groups is 1. The van der Waals surface area contributed by atoms with E-state index < -0.39 is 0 Å². The van der Waals surface area contributed by atoms with Crippen molar-refractivity contribution in [3.05, 3.63) is 59.8 Å². The number of aryl methyl sites for hydroxylation is 1. The molecular formula is C23H28N4O3. The third kappa shape index (κ3) is 3.74. The van der Waals surface area contributed by atoms with Crippen LogP contribution in [0.3, 0.4) is 0 Å². The largest absolute Gasteiger partial charge is 0.496 e. The van der Waals surface area contributed by atoms with E-state index >= 15 is 0 Å². The number of hydrogen-bond donors (Lipinski definition) is 3. The van der Waals surface area contributed by atoms with E-state index in [-0.39, 0.29) is 18.1 Å². The molecule has 1 aliphatic rings. The van der Waals surface area contributed by atoms with Gasteiger partial charge in [-0.05, 0) is 44.2 Å². The predicted octanol–water partition coefficient (Wildman–Crippen LogP) is 3.36. The number of rotatable bonds is 7. The highest BCUT2D eigenvalue weighted by Gasteiger charge is 2.29. The van der Waals surface area contributed by atoms with Gasteiger partial charge in [0.2, 0.25) is 0 Å². The number of hydrogen-bond acceptors (Lipinski definition) is 5. The molecule has 2 unspecified atom stereocenters. The SMILES string of the molecule is CCOc1ccccc1C(=O)NC1CC(c2cc3c(OC)cccc3n2CC)NN1. The molecule has 1 amide bonds. The Morgan fingerprint density at radius 3 is 2.70 bits per heavy atom. The predicted molar refractivity (Wildman–Crippen MR) is 117 cm³/mol. The molecule has 1 aliphatic heterocycles. The highest BCUT2D eigenvalue weighted by molar-refractivity contribution is 5.97. The topological polar surface area (TPSA) is 76.5 Å². The van der Waals surface area contributed by atoms with Crippen LogP contribution in [-0.4, -0.2) is 30.4 Å². The van der Waals surface area contributed by atoms with Gasteiger partial charge in [0.25, 0.3) is 5.91 Å². The molecule has 7 nitrogen and oxygen atoms in total. The maximum atomic E-state index is 12.8. The zero-order chi connectivity index (χ0) is 21.1. The Bertz CT molecular complexity index is 1050. The average Bonchev–Trinajstić information content (AvgIpc) is 3.38. The summed E-state index contributed by atoms with van der Waals surface area (Å²) in [7, 11) is 1.69. The molecule has 2 atom stereocenters. The first kappa shape index (κ1) is 20.3. The van der Waals surface area contributed by atoms with Gasteiger partial charge >= 0.3 is 0 Å². The van der Waals surface area contributed by atoms with Gasteiger partial charge in [0, 0.05) is 24.0 Å². The maximum Gasteiger partial charge on any atom is 0.256 e. The van der Waals surface area contributed by atoms with E-state index in [1.165, 1.54) is 0 Å². The molecule has 0 spiro atoms. The molecule has 0 bridgehead atoms. The second-order valence-electron chi connectivity index (χ2n) is 7.24. The van der Waals surface area contributed by atoms with Crippen LogP contribution in [0, 0.1) is 0 Å². The lowest BCUT2D eigenvalue weighted by Crippen LogP contribution is -2.44. The van der Waals surface area contributed by atoms with Crippen molar-refractivity contribution in [2.75, 3.05) is 13.7 Å². The third-order valence-corrected chi connectivity index (χ3v) is 5.47. The van der Waals surface area contributed by atoms with Crippen LogP contribution in [0.4, 0.5) is 0 Å². The van der Waals surface area contributed by atoms with Gasteiger partial charge in [0.05, 0.1) is 37.0 Å². The van der Waals surface area contributed by atoms with Crippen LogP contribution in [0.25, 0.3) is 10.9 Å². The van der Waals surface area contributed by atoms with E-state index in [0.29, 0.717) is 17.9 Å². The number of aromatic nitrogens is 1. The summed E-state index contributed by atoms with van der Waals surface area (Å²) in [5.74, 6) is 1.30. The van der Waals surface area contributed by atoms with E-state index in [1.54, 1.807) is 13.2 Å². The molecule has 0 aliphatic carbocycles. The van der Waals surface area contributed by atoms with E-state index in [0.717, 1.165) is 35.3 Å². The Kier molecular flexibility index (Phi) is 5.92. The molecule has 0 radical (unpaired) electrons. The fourth-order valence-corrected chi connectivity index (χ4v) is 4.11. The molecule has 0 saturated carbocycles. The van der Waals surface area contributed by atoms with Gasteiger partial charge in [0.15, 0.2) is 0 Å². The van der Waals surface area contributed by atoms with Crippen molar-refractivity contribution in [3.63, 3.8) is 0 Å². The summed E-state index contributed by atoms with van der Waals surface area (Å²) >= 11 is 0. The Hall–Kier alpha value is -3.03. The number of methoxy groups -OCH3 is 1. The van der Waals surface area contributed by atoms with E-state index in [2.05, 4.69) is 39.8 Å². The Morgan fingerprint density at radius 2 is 1.93 bits per heavy atom. The summed E-state index contributed by atoms with van der Waals surface area (Å²) in [6, 6.07) is 15.6. The molecule has 30 heavy (non-hydrogen) atoms. The first-order valence-corrected chi connectivity index (χ1v) is 10.4. The fourth-order valence-electron chi connectivity index (χ4n) is 4.11. The summed E-state index contributed by atoms with van der Waals surface area (Å²) in [4.78, 5) is 12.8. The van der Waals surface area contributed by atoms with Crippen LogP contribution < -0.4 is 25.6 Å². The van der Waals surface area contributed by atoms with Crippen molar-refractivity contribution in [1.82, 2.24) is 20.7 Å². The quantitative estimate of drug-likeness (QED) is 0.559. The minimum atomic E-state index is -0.192. The molecule has 1 fully saturated rings. The van der Waals surface area contributed by atoms with Crippen LogP contribution in [-0.2, 0) is 6.54 Å². The van der Waals surface area contributed by atoms with Crippen molar-refractivity contribution < 1.29 is 14.3 Å². The summed E-state index contributed by atoms with van der Waals surface area (Å²) in [6.45, 7) is 5.40. The minimum Gasteiger partial charge on any atom is -0.496 e. The number of para-hydroxylation sites is 1. The number of carbonyl (C=O) groups is 1. The van der Waals surface area contributed by atoms with Gasteiger partial charge in [-0.25, -0.2) is 10.9 Å². The number of nitrogens with zero attached hydrogens (tertiary/aromatic N) is 1. The summed E-state index contributed by atoms with van der Waals surface area (Å²) < 4.78 is 13.4. The van der Waals surface area contributed by atoms with Crippen molar-refractivity contribution in [2.24, 2.45) is 0 Å². The van der Waals surface area contributed by atoms with Gasteiger partial charge in [-0.2, -0.15) is 0 Å². The van der Waals surface area contributed by atoms with Crippen LogP contribution >= 0.6 is 0 Å². The Labute approximate surface area is 176 Å². The standard InChI is InChI=1S/C23H28N4O3/c1-4-27-18-10-8-12-20(29-3)16(18)13-19(27)17-14-22(26-25-17)24-23(28)15-9-6-7-11-21(15)30-5-2/h6-13,17,22,25-26H,4-5,14H2,1-3H3,(H,24,28). The van der Waals surface area contributed by atoms with Crippen molar-refractivity contribution >= 4 is 16.8 Å². The molecule has 1 saturated heterocycles. The van der Waals surface area contributed by atoms with Gasteiger partial charge in [0.1, 0.15) is 11.5 Å². The highest BCUT2D eigenvalue weighted by Crippen LogP contribution is 2.33. The monoisotopic (exact) mass is 408 g/mol. The fraction of sp³-hybridized carbons (Fsp3) is 0.348. The van der Waals surface area contributed by atoms with Crippen molar-refractivity contribution in [2.45, 2.75) is 39.0 Å². The van der Waals surface area contributed by atoms with Gasteiger partial charge in [-0.15, -0.1) is 0 Å². The average molecular weight is 409 g/mol. The van der Waals surface area contributed by atoms with E-state index in [1.807, 2.05) is 37.3 Å². The normalized spacial score (nSPS) is 18.5. The van der Waals surface area contributed by atoms with Gasteiger partial charge in [-0.1, -0.05) is 18.2 Å². The van der Waals surface area contributed by atoms with Gasteiger partial charge in [-0.3, -0.25) is 4.79 Å². The van der Waals surface area contributed by atoms with Crippen LogP contribution in [0.2, 0.25) is 0 Å². The first-order valence-electron chi connectivity index (χ1n) is 10.4. The lowest BCUT2D eigenvalue weighted by atomic mass is 10.1. The Morgan fingerprint density at radius 1 is 1.13 bits per heavy atom. The lowest BCUT2D eigenvalue weighted by molar-refractivity contribution is 0.0928. The van der Waals surface area contributed by atoms with Crippen LogP contribution in [0.15, 0.2) is 48.5 Å². The molecule has 3 aromatic rings. The maximum absolute atomic E-state index is 12.8. The molecule has 158 valence electrons. The van der Waals surface area contributed by atoms with Crippen molar-refractivity contribution in [1.29, 1.82) is 0 Å². The smallest absolute Gasteiger partial charge is 0.256 e. The number of nitrogens with one attached hydrogen (secondary N) is 3. The van der Waals surface area contributed by atoms with Crippen LogP contribution in [0.1, 0.15) is 42.4 Å². The number of fused-ring (bicyclic) bond motifs is 1. The molecule has 7 heteroatoms. The second-order valence-corrected chi connectivity index (χ2v) is 7.24. The summed E-state index contributed by atoms with van der Waals surface area (Å²) in [6.07, 6.45) is 0.531. The molecule has 1 aromatic heterocycles. The molecule has 3 N–H and O–H groups in total. The summed E-state index contributed by atoms with van der Waals surface area (Å²) in [5.41, 5.74) is 9.40. The summed E-state index contributed by atoms with van der Waals surface area (Å²) in [5, 5.41) is 4.16. The number of benzene rings is 2. The van der Waals surface area contributed by atoms with E-state index in [4.69, 9.17) is 9.47 Å².